The number of amides is 1. The Hall–Kier alpha value is -2.37. The lowest BCUT2D eigenvalue weighted by atomic mass is 10.2. The van der Waals surface area contributed by atoms with E-state index in [1.807, 2.05) is 18.2 Å². The summed E-state index contributed by atoms with van der Waals surface area (Å²) in [5.41, 5.74) is 4.70. The molecule has 5 nitrogen and oxygen atoms in total. The zero-order valence-electron chi connectivity index (χ0n) is 14.6. The Morgan fingerprint density at radius 3 is 2.58 bits per heavy atom. The topological polar surface area (TPSA) is 47.9 Å². The van der Waals surface area contributed by atoms with Gasteiger partial charge in [-0.2, -0.15) is 5.10 Å². The van der Waals surface area contributed by atoms with Gasteiger partial charge in [-0.15, -0.1) is 0 Å². The number of rotatable bonds is 6. The average Bonchev–Trinajstić information content (AvgIpc) is 2.68. The van der Waals surface area contributed by atoms with Crippen molar-refractivity contribution < 1.29 is 4.79 Å². The standard InChI is InChI=1S/C20H23ClN4O/c21-18-6-4-5-17(15-18)16-22-23-20(26)9-10-24-11-13-25(14-12-24)19-7-2-1-3-8-19/h1-8,15-16H,9-14H2,(H,23,26)/b22-16+. The molecule has 1 amide bonds. The molecule has 0 aliphatic carbocycles. The van der Waals surface area contributed by atoms with Gasteiger partial charge in [0.2, 0.25) is 5.91 Å². The van der Waals surface area contributed by atoms with E-state index in [4.69, 9.17) is 11.6 Å². The third-order valence-corrected chi connectivity index (χ3v) is 4.64. The fourth-order valence-corrected chi connectivity index (χ4v) is 3.15. The number of nitrogens with one attached hydrogen (secondary N) is 1. The maximum atomic E-state index is 11.9. The first-order valence-corrected chi connectivity index (χ1v) is 9.18. The second kappa shape index (κ2) is 9.36. The Kier molecular flexibility index (Phi) is 6.63. The zero-order chi connectivity index (χ0) is 18.2. The number of hydrazone groups is 1. The Balaban J connectivity index is 1.36. The second-order valence-corrected chi connectivity index (χ2v) is 6.70. The second-order valence-electron chi connectivity index (χ2n) is 6.26. The van der Waals surface area contributed by atoms with Crippen LogP contribution in [-0.4, -0.2) is 49.7 Å². The molecule has 0 saturated carbocycles. The maximum Gasteiger partial charge on any atom is 0.241 e. The van der Waals surface area contributed by atoms with Crippen molar-refractivity contribution in [3.8, 4) is 0 Å². The number of benzene rings is 2. The molecule has 0 spiro atoms. The Labute approximate surface area is 159 Å². The molecule has 26 heavy (non-hydrogen) atoms. The van der Waals surface area contributed by atoms with Gasteiger partial charge in [0.05, 0.1) is 6.21 Å². The molecule has 0 bridgehead atoms. The van der Waals surface area contributed by atoms with Crippen molar-refractivity contribution in [1.29, 1.82) is 0 Å². The van der Waals surface area contributed by atoms with Gasteiger partial charge >= 0.3 is 0 Å². The summed E-state index contributed by atoms with van der Waals surface area (Å²) in [4.78, 5) is 16.6. The first-order valence-electron chi connectivity index (χ1n) is 8.80. The van der Waals surface area contributed by atoms with E-state index >= 15 is 0 Å². The fraction of sp³-hybridized carbons (Fsp3) is 0.300. The first kappa shape index (κ1) is 18.4. The van der Waals surface area contributed by atoms with Crippen molar-refractivity contribution in [3.63, 3.8) is 0 Å². The van der Waals surface area contributed by atoms with Gasteiger partial charge in [0.25, 0.3) is 0 Å². The van der Waals surface area contributed by atoms with Crippen LogP contribution >= 0.6 is 11.6 Å². The van der Waals surface area contributed by atoms with Crippen molar-refractivity contribution in [3.05, 3.63) is 65.2 Å². The van der Waals surface area contributed by atoms with Crippen molar-refractivity contribution in [2.75, 3.05) is 37.6 Å². The van der Waals surface area contributed by atoms with Gasteiger partial charge in [0.1, 0.15) is 0 Å². The molecule has 0 atom stereocenters. The number of para-hydroxylation sites is 1. The van der Waals surface area contributed by atoms with Crippen molar-refractivity contribution in [1.82, 2.24) is 10.3 Å². The summed E-state index contributed by atoms with van der Waals surface area (Å²) < 4.78 is 0. The van der Waals surface area contributed by atoms with E-state index in [0.717, 1.165) is 38.3 Å². The van der Waals surface area contributed by atoms with Gasteiger partial charge < -0.3 is 4.90 Å². The summed E-state index contributed by atoms with van der Waals surface area (Å²) in [5, 5.41) is 4.64. The van der Waals surface area contributed by atoms with Gasteiger partial charge in [0, 0.05) is 49.9 Å². The minimum atomic E-state index is -0.0752. The van der Waals surface area contributed by atoms with Crippen molar-refractivity contribution >= 4 is 29.4 Å². The lowest BCUT2D eigenvalue weighted by Gasteiger charge is -2.36. The summed E-state index contributed by atoms with van der Waals surface area (Å²) >= 11 is 5.91. The molecule has 0 radical (unpaired) electrons. The summed E-state index contributed by atoms with van der Waals surface area (Å²) in [6.45, 7) is 4.65. The summed E-state index contributed by atoms with van der Waals surface area (Å²) in [5.74, 6) is -0.0752. The molecule has 1 aliphatic heterocycles. The van der Waals surface area contributed by atoms with Crippen LogP contribution in [0.4, 0.5) is 5.69 Å². The van der Waals surface area contributed by atoms with Crippen LogP contribution in [-0.2, 0) is 4.79 Å². The molecule has 3 rings (SSSR count). The van der Waals surface area contributed by atoms with E-state index in [0.29, 0.717) is 11.4 Å². The van der Waals surface area contributed by atoms with Crippen LogP contribution in [0.25, 0.3) is 0 Å². The first-order chi connectivity index (χ1) is 12.7. The molecular weight excluding hydrogens is 348 g/mol. The number of nitrogens with zero attached hydrogens (tertiary/aromatic N) is 3. The summed E-state index contributed by atoms with van der Waals surface area (Å²) in [6.07, 6.45) is 2.04. The smallest absolute Gasteiger partial charge is 0.241 e. The summed E-state index contributed by atoms with van der Waals surface area (Å²) in [7, 11) is 0. The van der Waals surface area contributed by atoms with Gasteiger partial charge in [-0.25, -0.2) is 5.43 Å². The predicted octanol–water partition coefficient (Wildman–Crippen LogP) is 3.00. The van der Waals surface area contributed by atoms with Gasteiger partial charge in [-0.3, -0.25) is 9.69 Å². The minimum absolute atomic E-state index is 0.0752. The van der Waals surface area contributed by atoms with Gasteiger partial charge in [0.15, 0.2) is 0 Å². The molecule has 1 fully saturated rings. The van der Waals surface area contributed by atoms with Crippen molar-refractivity contribution in [2.45, 2.75) is 6.42 Å². The molecule has 1 heterocycles. The normalized spacial score (nSPS) is 15.3. The molecule has 2 aromatic rings. The van der Waals surface area contributed by atoms with E-state index in [1.165, 1.54) is 5.69 Å². The predicted molar refractivity (Wildman–Crippen MR) is 107 cm³/mol. The van der Waals surface area contributed by atoms with Crippen molar-refractivity contribution in [2.24, 2.45) is 5.10 Å². The number of carbonyl (C=O) groups excluding carboxylic acids is 1. The largest absolute Gasteiger partial charge is 0.369 e. The SMILES string of the molecule is O=C(CCN1CCN(c2ccccc2)CC1)N/N=C/c1cccc(Cl)c1. The average molecular weight is 371 g/mol. The van der Waals surface area contributed by atoms with Crippen LogP contribution in [0.5, 0.6) is 0 Å². The van der Waals surface area contributed by atoms with Crippen LogP contribution in [0.2, 0.25) is 5.02 Å². The number of anilines is 1. The molecule has 2 aromatic carbocycles. The molecule has 6 heteroatoms. The number of hydrogen-bond donors (Lipinski definition) is 1. The van der Waals surface area contributed by atoms with E-state index in [2.05, 4.69) is 44.6 Å². The van der Waals surface area contributed by atoms with E-state index in [-0.39, 0.29) is 5.91 Å². The highest BCUT2D eigenvalue weighted by atomic mass is 35.5. The van der Waals surface area contributed by atoms with Gasteiger partial charge in [-0.05, 0) is 29.8 Å². The quantitative estimate of drug-likeness (QED) is 0.628. The highest BCUT2D eigenvalue weighted by Crippen LogP contribution is 2.15. The Morgan fingerprint density at radius 1 is 1.08 bits per heavy atom. The molecule has 1 N–H and O–H groups in total. The van der Waals surface area contributed by atoms with Crippen LogP contribution < -0.4 is 10.3 Å². The number of piperazine rings is 1. The number of halogens is 1. The lowest BCUT2D eigenvalue weighted by molar-refractivity contribution is -0.121. The Morgan fingerprint density at radius 2 is 1.85 bits per heavy atom. The van der Waals surface area contributed by atoms with E-state index in [9.17, 15) is 4.79 Å². The maximum absolute atomic E-state index is 11.9. The highest BCUT2D eigenvalue weighted by molar-refractivity contribution is 6.30. The monoisotopic (exact) mass is 370 g/mol. The number of carbonyl (C=O) groups is 1. The molecule has 0 unspecified atom stereocenters. The lowest BCUT2D eigenvalue weighted by Crippen LogP contribution is -2.47. The third kappa shape index (κ3) is 5.58. The zero-order valence-corrected chi connectivity index (χ0v) is 15.4. The summed E-state index contributed by atoms with van der Waals surface area (Å²) in [6, 6.07) is 17.8. The third-order valence-electron chi connectivity index (χ3n) is 4.40. The van der Waals surface area contributed by atoms with E-state index < -0.39 is 0 Å². The van der Waals surface area contributed by atoms with Crippen LogP contribution in [0.3, 0.4) is 0 Å². The van der Waals surface area contributed by atoms with E-state index in [1.54, 1.807) is 18.3 Å². The molecule has 1 saturated heterocycles. The molecule has 136 valence electrons. The molecule has 1 aliphatic rings. The van der Waals surface area contributed by atoms with Crippen LogP contribution in [0.15, 0.2) is 59.7 Å². The molecule has 0 aromatic heterocycles. The highest BCUT2D eigenvalue weighted by Gasteiger charge is 2.17. The van der Waals surface area contributed by atoms with Crippen LogP contribution in [0.1, 0.15) is 12.0 Å². The fourth-order valence-electron chi connectivity index (χ4n) is 2.95. The van der Waals surface area contributed by atoms with Crippen LogP contribution in [0, 0.1) is 0 Å². The Bertz CT molecular complexity index is 742. The van der Waals surface area contributed by atoms with Gasteiger partial charge in [-0.1, -0.05) is 41.9 Å². The molecular formula is C20H23ClN4O. The number of hydrogen-bond acceptors (Lipinski definition) is 4. The minimum Gasteiger partial charge on any atom is -0.369 e.